The number of hydrogen-bond donors (Lipinski definition) is 1. The van der Waals surface area contributed by atoms with E-state index in [0.717, 1.165) is 22.0 Å². The molecule has 1 saturated heterocycles. The van der Waals surface area contributed by atoms with Crippen LogP contribution in [0.5, 0.6) is 0 Å². The van der Waals surface area contributed by atoms with E-state index in [1.807, 2.05) is 13.0 Å². The molecule has 1 N–H and O–H groups in total. The van der Waals surface area contributed by atoms with Gasteiger partial charge in [0.05, 0.1) is 30.1 Å². The Morgan fingerprint density at radius 1 is 1.14 bits per heavy atom. The summed E-state index contributed by atoms with van der Waals surface area (Å²) in [5, 5.41) is 7.66. The lowest BCUT2D eigenvalue weighted by molar-refractivity contribution is -0.142. The van der Waals surface area contributed by atoms with Crippen molar-refractivity contribution in [1.82, 2.24) is 15.1 Å². The van der Waals surface area contributed by atoms with Gasteiger partial charge in [0.25, 0.3) is 5.91 Å². The first-order valence-electron chi connectivity index (χ1n) is 11.8. The number of ketones is 1. The van der Waals surface area contributed by atoms with Crippen LogP contribution in [0.1, 0.15) is 47.2 Å². The molecule has 2 aliphatic heterocycles. The van der Waals surface area contributed by atoms with Gasteiger partial charge in [0.1, 0.15) is 0 Å². The summed E-state index contributed by atoms with van der Waals surface area (Å²) in [6.45, 7) is 2.19. The van der Waals surface area contributed by atoms with Crippen molar-refractivity contribution in [3.63, 3.8) is 0 Å². The molecule has 10 heteroatoms. The maximum Gasteiger partial charge on any atom is 0.389 e. The Morgan fingerprint density at radius 3 is 2.61 bits per heavy atom. The molecule has 0 radical (unpaired) electrons. The number of likely N-dealkylation sites (tertiary alicyclic amines) is 1. The molecule has 0 atom stereocenters. The van der Waals surface area contributed by atoms with Crippen molar-refractivity contribution < 1.29 is 27.6 Å². The van der Waals surface area contributed by atoms with E-state index in [9.17, 15) is 27.6 Å². The molecule has 188 valence electrons. The second-order valence-corrected chi connectivity index (χ2v) is 9.56. The van der Waals surface area contributed by atoms with Crippen LogP contribution < -0.4 is 4.90 Å². The summed E-state index contributed by atoms with van der Waals surface area (Å²) < 4.78 is 37.8. The van der Waals surface area contributed by atoms with Crippen molar-refractivity contribution >= 4 is 34.2 Å². The molecule has 0 unspecified atom stereocenters. The zero-order valence-electron chi connectivity index (χ0n) is 19.7. The fourth-order valence-corrected chi connectivity index (χ4v) is 5.48. The van der Waals surface area contributed by atoms with Gasteiger partial charge in [-0.1, -0.05) is 12.1 Å². The Balaban J connectivity index is 1.36. The summed E-state index contributed by atoms with van der Waals surface area (Å²) in [5.41, 5.74) is 2.73. The van der Waals surface area contributed by atoms with Gasteiger partial charge in [-0.25, -0.2) is 0 Å². The van der Waals surface area contributed by atoms with Crippen molar-refractivity contribution in [2.24, 2.45) is 0 Å². The number of amides is 2. The highest BCUT2D eigenvalue weighted by atomic mass is 19.4. The van der Waals surface area contributed by atoms with Crippen LogP contribution in [-0.2, 0) is 15.0 Å². The number of carbonyl (C=O) groups is 3. The predicted octanol–water partition coefficient (Wildman–Crippen LogP) is 4.30. The van der Waals surface area contributed by atoms with E-state index in [-0.39, 0.29) is 18.4 Å². The third-order valence-corrected chi connectivity index (χ3v) is 7.29. The Labute approximate surface area is 205 Å². The van der Waals surface area contributed by atoms with E-state index in [0.29, 0.717) is 37.2 Å². The standard InChI is InChI=1S/C26H25F3N4O3/c1-16-3-2-4-21-22(16)25(24(36)33(21)15-19(34)7-8-26(27,28)29)9-11-32(12-10-25)23(35)17-5-6-20-18(13-17)14-30-31-20/h2-6,13-14H,7-12,15H2,1H3,(H,30,31). The number of hydrogen-bond acceptors (Lipinski definition) is 4. The summed E-state index contributed by atoms with van der Waals surface area (Å²) in [7, 11) is 0. The zero-order valence-corrected chi connectivity index (χ0v) is 19.7. The highest BCUT2D eigenvalue weighted by Gasteiger charge is 2.53. The second kappa shape index (κ2) is 8.76. The van der Waals surface area contributed by atoms with Gasteiger partial charge in [0.15, 0.2) is 5.78 Å². The van der Waals surface area contributed by atoms with E-state index in [1.165, 1.54) is 4.90 Å². The molecule has 36 heavy (non-hydrogen) atoms. The van der Waals surface area contributed by atoms with Crippen LogP contribution >= 0.6 is 0 Å². The first kappa shape index (κ1) is 24.0. The first-order chi connectivity index (χ1) is 17.1. The highest BCUT2D eigenvalue weighted by Crippen LogP contribution is 2.49. The molecule has 2 aliphatic rings. The van der Waals surface area contributed by atoms with E-state index < -0.39 is 30.2 Å². The molecule has 5 rings (SSSR count). The fraction of sp³-hybridized carbons (Fsp3) is 0.385. The largest absolute Gasteiger partial charge is 0.389 e. The molecular weight excluding hydrogens is 473 g/mol. The van der Waals surface area contributed by atoms with Crippen LogP contribution in [0.4, 0.5) is 18.9 Å². The zero-order chi connectivity index (χ0) is 25.7. The van der Waals surface area contributed by atoms with Crippen LogP contribution in [0, 0.1) is 6.92 Å². The number of fused-ring (bicyclic) bond motifs is 3. The molecule has 0 bridgehead atoms. The third kappa shape index (κ3) is 4.14. The molecule has 3 aromatic rings. The quantitative estimate of drug-likeness (QED) is 0.568. The Kier molecular flexibility index (Phi) is 5.84. The lowest BCUT2D eigenvalue weighted by Crippen LogP contribution is -2.51. The Hall–Kier alpha value is -3.69. The van der Waals surface area contributed by atoms with E-state index in [1.54, 1.807) is 41.4 Å². The minimum atomic E-state index is -4.43. The van der Waals surface area contributed by atoms with Gasteiger partial charge in [0.2, 0.25) is 5.91 Å². The SMILES string of the molecule is Cc1cccc2c1C1(CCN(C(=O)c3ccc4[nH]ncc4c3)CC1)C(=O)N2CC(=O)CCC(F)(F)F. The molecule has 1 spiro atoms. The fourth-order valence-electron chi connectivity index (χ4n) is 5.48. The molecule has 1 fully saturated rings. The van der Waals surface area contributed by atoms with Crippen LogP contribution in [0.2, 0.25) is 0 Å². The molecule has 2 amide bonds. The van der Waals surface area contributed by atoms with Crippen molar-refractivity contribution in [2.75, 3.05) is 24.5 Å². The maximum absolute atomic E-state index is 13.7. The van der Waals surface area contributed by atoms with E-state index in [2.05, 4.69) is 10.2 Å². The van der Waals surface area contributed by atoms with E-state index in [4.69, 9.17) is 0 Å². The van der Waals surface area contributed by atoms with Crippen LogP contribution in [0.15, 0.2) is 42.6 Å². The number of piperidine rings is 1. The average Bonchev–Trinajstić information content (AvgIpc) is 3.40. The monoisotopic (exact) mass is 498 g/mol. The number of alkyl halides is 3. The average molecular weight is 499 g/mol. The number of H-pyrrole nitrogens is 1. The number of benzene rings is 2. The summed E-state index contributed by atoms with van der Waals surface area (Å²) >= 11 is 0. The normalized spacial score (nSPS) is 17.2. The maximum atomic E-state index is 13.7. The van der Waals surface area contributed by atoms with Crippen LogP contribution in [0.25, 0.3) is 10.9 Å². The number of aromatic nitrogens is 2. The Morgan fingerprint density at radius 2 is 1.89 bits per heavy atom. The number of aryl methyl sites for hydroxylation is 1. The number of Topliss-reactive ketones (excluding diaryl/α,β-unsaturated/α-hetero) is 1. The van der Waals surface area contributed by atoms with Crippen molar-refractivity contribution in [3.8, 4) is 0 Å². The highest BCUT2D eigenvalue weighted by molar-refractivity contribution is 6.11. The number of anilines is 1. The van der Waals surface area contributed by atoms with Crippen molar-refractivity contribution in [2.45, 2.75) is 44.2 Å². The minimum absolute atomic E-state index is 0.136. The number of aromatic amines is 1. The van der Waals surface area contributed by atoms with E-state index >= 15 is 0 Å². The van der Waals surface area contributed by atoms with Crippen LogP contribution in [-0.4, -0.2) is 58.5 Å². The number of nitrogens with one attached hydrogen (secondary N) is 1. The molecule has 2 aromatic carbocycles. The number of rotatable bonds is 5. The summed E-state index contributed by atoms with van der Waals surface area (Å²) in [5.74, 6) is -1.05. The molecule has 3 heterocycles. The summed E-state index contributed by atoms with van der Waals surface area (Å²) in [6, 6.07) is 10.7. The lowest BCUT2D eigenvalue weighted by atomic mass is 9.72. The van der Waals surface area contributed by atoms with Gasteiger partial charge in [-0.05, 0) is 55.2 Å². The molecule has 0 saturated carbocycles. The van der Waals surface area contributed by atoms with Gasteiger partial charge < -0.3 is 9.80 Å². The lowest BCUT2D eigenvalue weighted by Gasteiger charge is -2.39. The van der Waals surface area contributed by atoms with Crippen molar-refractivity contribution in [1.29, 1.82) is 0 Å². The molecule has 7 nitrogen and oxygen atoms in total. The van der Waals surface area contributed by atoms with Crippen LogP contribution in [0.3, 0.4) is 0 Å². The summed E-state index contributed by atoms with van der Waals surface area (Å²) in [6.07, 6.45) is -3.90. The number of halogens is 3. The summed E-state index contributed by atoms with van der Waals surface area (Å²) in [4.78, 5) is 42.3. The molecule has 0 aliphatic carbocycles. The molecule has 1 aromatic heterocycles. The van der Waals surface area contributed by atoms with Gasteiger partial charge in [-0.15, -0.1) is 0 Å². The Bertz CT molecular complexity index is 1360. The molecular formula is C26H25F3N4O3. The van der Waals surface area contributed by atoms with Crippen molar-refractivity contribution in [3.05, 3.63) is 59.3 Å². The minimum Gasteiger partial charge on any atom is -0.339 e. The topological polar surface area (TPSA) is 86.4 Å². The first-order valence-corrected chi connectivity index (χ1v) is 11.8. The van der Waals surface area contributed by atoms with Gasteiger partial charge in [-0.3, -0.25) is 19.5 Å². The smallest absolute Gasteiger partial charge is 0.339 e. The number of carbonyl (C=O) groups excluding carboxylic acids is 3. The number of nitrogens with zero attached hydrogens (tertiary/aromatic N) is 3. The third-order valence-electron chi connectivity index (χ3n) is 7.29. The van der Waals surface area contributed by atoms with Gasteiger partial charge >= 0.3 is 6.18 Å². The van der Waals surface area contributed by atoms with Gasteiger partial charge in [-0.2, -0.15) is 18.3 Å². The van der Waals surface area contributed by atoms with Gasteiger partial charge in [0, 0.05) is 36.1 Å². The second-order valence-electron chi connectivity index (χ2n) is 9.56. The predicted molar refractivity (Wildman–Crippen MR) is 127 cm³/mol.